The van der Waals surface area contributed by atoms with Crippen molar-refractivity contribution in [3.63, 3.8) is 0 Å². The summed E-state index contributed by atoms with van der Waals surface area (Å²) in [5.74, 6) is -0.0892. The van der Waals surface area contributed by atoms with E-state index in [1.807, 2.05) is 22.9 Å². The first-order valence-corrected chi connectivity index (χ1v) is 10.3. The maximum absolute atomic E-state index is 12.5. The smallest absolute Gasteiger partial charge is 0.249 e. The van der Waals surface area contributed by atoms with E-state index >= 15 is 0 Å². The SMILES string of the molecule is CN1C(O)N(C2CCC(=O)NC2=O)C2=CC=CC(C)([C@@H]3CCNC(C)(C)C3)C21. The Morgan fingerprint density at radius 2 is 1.96 bits per heavy atom. The molecule has 0 bridgehead atoms. The highest BCUT2D eigenvalue weighted by molar-refractivity contribution is 6.00. The normalized spacial score (nSPS) is 40.9. The van der Waals surface area contributed by atoms with Crippen LogP contribution in [0.1, 0.15) is 46.5 Å². The lowest BCUT2D eigenvalue weighted by molar-refractivity contribution is -0.142. The molecule has 3 heterocycles. The Balaban J connectivity index is 1.66. The predicted molar refractivity (Wildman–Crippen MR) is 106 cm³/mol. The molecule has 4 aliphatic rings. The number of rotatable bonds is 2. The number of hydrogen-bond acceptors (Lipinski definition) is 6. The number of nitrogens with zero attached hydrogens (tertiary/aromatic N) is 2. The number of aliphatic hydroxyl groups is 1. The van der Waals surface area contributed by atoms with Gasteiger partial charge in [0.15, 0.2) is 6.35 Å². The first-order chi connectivity index (χ1) is 13.1. The van der Waals surface area contributed by atoms with Crippen LogP contribution in [0.2, 0.25) is 0 Å². The summed E-state index contributed by atoms with van der Waals surface area (Å²) in [6.07, 6.45) is 8.37. The van der Waals surface area contributed by atoms with Gasteiger partial charge in [-0.3, -0.25) is 19.8 Å². The lowest BCUT2D eigenvalue weighted by Gasteiger charge is -2.49. The lowest BCUT2D eigenvalue weighted by Crippen LogP contribution is -2.54. The van der Waals surface area contributed by atoms with Gasteiger partial charge in [0.1, 0.15) is 6.04 Å². The number of nitrogens with one attached hydrogen (secondary N) is 2. The number of carbonyl (C=O) groups excluding carboxylic acids is 2. The van der Waals surface area contributed by atoms with E-state index in [0.717, 1.165) is 25.1 Å². The summed E-state index contributed by atoms with van der Waals surface area (Å²) in [7, 11) is 1.93. The summed E-state index contributed by atoms with van der Waals surface area (Å²) < 4.78 is 0. The Morgan fingerprint density at radius 3 is 2.64 bits per heavy atom. The molecule has 3 saturated heterocycles. The van der Waals surface area contributed by atoms with Crippen molar-refractivity contribution < 1.29 is 14.7 Å². The van der Waals surface area contributed by atoms with E-state index in [1.54, 1.807) is 0 Å². The van der Waals surface area contributed by atoms with Gasteiger partial charge in [-0.25, -0.2) is 0 Å². The number of carbonyl (C=O) groups is 2. The number of fused-ring (bicyclic) bond motifs is 1. The molecule has 28 heavy (non-hydrogen) atoms. The summed E-state index contributed by atoms with van der Waals surface area (Å²) in [4.78, 5) is 27.9. The zero-order valence-corrected chi connectivity index (χ0v) is 17.2. The molecule has 5 atom stereocenters. The van der Waals surface area contributed by atoms with Gasteiger partial charge in [-0.1, -0.05) is 19.1 Å². The fourth-order valence-corrected chi connectivity index (χ4v) is 5.75. The molecule has 4 rings (SSSR count). The molecule has 3 N–H and O–H groups in total. The molecule has 154 valence electrons. The van der Waals surface area contributed by atoms with Crippen LogP contribution in [0.25, 0.3) is 0 Å². The number of imide groups is 1. The van der Waals surface area contributed by atoms with Crippen LogP contribution in [-0.2, 0) is 9.59 Å². The van der Waals surface area contributed by atoms with Gasteiger partial charge >= 0.3 is 0 Å². The highest BCUT2D eigenvalue weighted by Gasteiger charge is 2.55. The summed E-state index contributed by atoms with van der Waals surface area (Å²) in [5, 5.41) is 17.1. The van der Waals surface area contributed by atoms with E-state index in [0.29, 0.717) is 18.8 Å². The second-order valence-electron chi connectivity index (χ2n) is 9.61. The molecule has 4 unspecified atom stereocenters. The van der Waals surface area contributed by atoms with Crippen molar-refractivity contribution in [3.05, 3.63) is 23.9 Å². The zero-order valence-electron chi connectivity index (χ0n) is 17.2. The highest BCUT2D eigenvalue weighted by atomic mass is 16.3. The number of piperidine rings is 2. The number of hydrogen-bond donors (Lipinski definition) is 3. The van der Waals surface area contributed by atoms with E-state index in [-0.39, 0.29) is 28.8 Å². The van der Waals surface area contributed by atoms with Gasteiger partial charge in [0.05, 0.1) is 6.04 Å². The third kappa shape index (κ3) is 3.00. The van der Waals surface area contributed by atoms with Gasteiger partial charge in [-0.05, 0) is 58.7 Å². The zero-order chi connectivity index (χ0) is 20.3. The van der Waals surface area contributed by atoms with Crippen LogP contribution in [-0.4, -0.2) is 64.3 Å². The fraction of sp³-hybridized carbons (Fsp3) is 0.714. The van der Waals surface area contributed by atoms with Crippen LogP contribution in [0.3, 0.4) is 0 Å². The molecule has 3 aliphatic heterocycles. The molecular formula is C21H32N4O3. The van der Waals surface area contributed by atoms with Crippen LogP contribution in [0.15, 0.2) is 23.9 Å². The maximum atomic E-state index is 12.5. The minimum absolute atomic E-state index is 0.00294. The van der Waals surface area contributed by atoms with Gasteiger partial charge in [0.2, 0.25) is 11.8 Å². The molecule has 0 saturated carbocycles. The summed E-state index contributed by atoms with van der Waals surface area (Å²) >= 11 is 0. The predicted octanol–water partition coefficient (Wildman–Crippen LogP) is 0.922. The van der Waals surface area contributed by atoms with Crippen LogP contribution < -0.4 is 10.6 Å². The monoisotopic (exact) mass is 388 g/mol. The molecule has 0 radical (unpaired) electrons. The topological polar surface area (TPSA) is 84.9 Å². The molecule has 7 nitrogen and oxygen atoms in total. The Kier molecular flexibility index (Phi) is 4.68. The molecule has 0 aromatic heterocycles. The molecule has 7 heteroatoms. The van der Waals surface area contributed by atoms with E-state index in [2.05, 4.69) is 43.6 Å². The van der Waals surface area contributed by atoms with Crippen molar-refractivity contribution in [3.8, 4) is 0 Å². The standard InChI is InChI=1S/C21H32N4O3/c1-20(2)12-13(9-11-22-20)21(3)10-5-6-14-17(21)24(4)19(28)25(14)15-7-8-16(26)23-18(15)27/h5-6,10,13,15,17,19,22,28H,7-9,11-12H2,1-4H3,(H,23,26,27)/t13-,15?,17?,19?,21?/m1/s1. The molecule has 0 spiro atoms. The quantitative estimate of drug-likeness (QED) is 0.610. The largest absolute Gasteiger partial charge is 0.361 e. The number of aliphatic hydroxyl groups excluding tert-OH is 1. The Labute approximate surface area is 166 Å². The molecular weight excluding hydrogens is 356 g/mol. The summed E-state index contributed by atoms with van der Waals surface area (Å²) in [6.45, 7) is 7.75. The first-order valence-electron chi connectivity index (χ1n) is 10.3. The Morgan fingerprint density at radius 1 is 1.21 bits per heavy atom. The van der Waals surface area contributed by atoms with Crippen molar-refractivity contribution in [1.82, 2.24) is 20.4 Å². The van der Waals surface area contributed by atoms with Crippen LogP contribution in [0.5, 0.6) is 0 Å². The molecule has 2 amide bonds. The highest BCUT2D eigenvalue weighted by Crippen LogP contribution is 2.51. The van der Waals surface area contributed by atoms with Crippen molar-refractivity contribution in [2.75, 3.05) is 13.6 Å². The molecule has 3 fully saturated rings. The average molecular weight is 389 g/mol. The van der Waals surface area contributed by atoms with E-state index in [9.17, 15) is 14.7 Å². The van der Waals surface area contributed by atoms with Gasteiger partial charge < -0.3 is 15.3 Å². The Bertz CT molecular complexity index is 746. The van der Waals surface area contributed by atoms with Crippen molar-refractivity contribution >= 4 is 11.8 Å². The van der Waals surface area contributed by atoms with Gasteiger partial charge in [0.25, 0.3) is 0 Å². The minimum atomic E-state index is -0.880. The van der Waals surface area contributed by atoms with Crippen molar-refractivity contribution in [1.29, 1.82) is 0 Å². The Hall–Kier alpha value is -1.70. The minimum Gasteiger partial charge on any atom is -0.361 e. The number of likely N-dealkylation sites (N-methyl/N-ethyl adjacent to an activating group) is 1. The molecule has 0 aromatic rings. The van der Waals surface area contributed by atoms with E-state index < -0.39 is 12.4 Å². The van der Waals surface area contributed by atoms with Crippen molar-refractivity contribution in [2.24, 2.45) is 11.3 Å². The summed E-state index contributed by atoms with van der Waals surface area (Å²) in [6, 6.07) is -0.525. The number of amides is 2. The third-order valence-electron chi connectivity index (χ3n) is 7.19. The maximum Gasteiger partial charge on any atom is 0.249 e. The average Bonchev–Trinajstić information content (AvgIpc) is 2.87. The molecule has 0 aromatic carbocycles. The van der Waals surface area contributed by atoms with Gasteiger partial charge in [0, 0.05) is 23.1 Å². The van der Waals surface area contributed by atoms with Crippen LogP contribution >= 0.6 is 0 Å². The second-order valence-corrected chi connectivity index (χ2v) is 9.61. The second kappa shape index (κ2) is 6.68. The number of allylic oxidation sites excluding steroid dienone is 2. The van der Waals surface area contributed by atoms with Gasteiger partial charge in [-0.15, -0.1) is 0 Å². The van der Waals surface area contributed by atoms with E-state index in [4.69, 9.17) is 0 Å². The third-order valence-corrected chi connectivity index (χ3v) is 7.19. The van der Waals surface area contributed by atoms with E-state index in [1.165, 1.54) is 0 Å². The molecule has 1 aliphatic carbocycles. The van der Waals surface area contributed by atoms with Crippen LogP contribution in [0.4, 0.5) is 0 Å². The lowest BCUT2D eigenvalue weighted by atomic mass is 9.62. The van der Waals surface area contributed by atoms with Crippen LogP contribution in [0, 0.1) is 11.3 Å². The summed E-state index contributed by atoms with van der Waals surface area (Å²) in [5.41, 5.74) is 0.917. The first kappa shape index (κ1) is 19.6. The fourth-order valence-electron chi connectivity index (χ4n) is 5.75. The van der Waals surface area contributed by atoms with Gasteiger partial charge in [-0.2, -0.15) is 0 Å². The van der Waals surface area contributed by atoms with Crippen molar-refractivity contribution in [2.45, 2.75) is 70.4 Å².